The molecule has 0 spiro atoms. The summed E-state index contributed by atoms with van der Waals surface area (Å²) in [6.07, 6.45) is 0. The number of hydrogen-bond acceptors (Lipinski definition) is 6. The molecule has 6 heteroatoms. The number of esters is 1. The number of ether oxygens (including phenoxy) is 2. The van der Waals surface area contributed by atoms with Gasteiger partial charge in [-0.05, 0) is 13.8 Å². The monoisotopic (exact) mass is 257 g/mol. The van der Waals surface area contributed by atoms with E-state index in [0.29, 0.717) is 9.88 Å². The summed E-state index contributed by atoms with van der Waals surface area (Å²) in [5.41, 5.74) is -0.577. The van der Waals surface area contributed by atoms with Crippen molar-refractivity contribution in [2.75, 3.05) is 14.2 Å². The number of carbonyl (C=O) groups is 2. The molecule has 0 saturated carbocycles. The van der Waals surface area contributed by atoms with Gasteiger partial charge in [0.2, 0.25) is 0 Å². The van der Waals surface area contributed by atoms with E-state index in [1.807, 2.05) is 13.8 Å². The third-order valence-electron chi connectivity index (χ3n) is 2.35. The van der Waals surface area contributed by atoms with E-state index in [-0.39, 0.29) is 11.5 Å². The number of rotatable bonds is 4. The number of nitrogens with zero attached hydrogens (tertiary/aromatic N) is 1. The van der Waals surface area contributed by atoms with Crippen LogP contribution in [0.25, 0.3) is 0 Å². The first kappa shape index (κ1) is 13.8. The maximum Gasteiger partial charge on any atom is 0.358 e. The van der Waals surface area contributed by atoms with E-state index >= 15 is 0 Å². The summed E-state index contributed by atoms with van der Waals surface area (Å²) in [4.78, 5) is 27.4. The summed E-state index contributed by atoms with van der Waals surface area (Å²) in [5.74, 6) is -0.814. The van der Waals surface area contributed by atoms with Gasteiger partial charge in [-0.3, -0.25) is 4.79 Å². The molecular weight excluding hydrogens is 242 g/mol. The molecular formula is C11H15NO4S. The van der Waals surface area contributed by atoms with Crippen LogP contribution >= 0.6 is 11.3 Å². The van der Waals surface area contributed by atoms with Crippen LogP contribution in [-0.2, 0) is 15.1 Å². The summed E-state index contributed by atoms with van der Waals surface area (Å²) in [6, 6.07) is 0. The van der Waals surface area contributed by atoms with Gasteiger partial charge in [0.15, 0.2) is 11.5 Å². The third kappa shape index (κ3) is 2.70. The lowest BCUT2D eigenvalue weighted by Crippen LogP contribution is -2.19. The highest BCUT2D eigenvalue weighted by atomic mass is 32.1. The topological polar surface area (TPSA) is 65.5 Å². The first-order valence-electron chi connectivity index (χ1n) is 4.99. The molecule has 0 amide bonds. The van der Waals surface area contributed by atoms with E-state index in [0.717, 1.165) is 11.3 Å². The third-order valence-corrected chi connectivity index (χ3v) is 3.81. The fourth-order valence-electron chi connectivity index (χ4n) is 1.14. The number of Topliss-reactive ketones (excluding diaryl/α,β-unsaturated/α-hetero) is 1. The summed E-state index contributed by atoms with van der Waals surface area (Å²) in [7, 11) is 2.80. The van der Waals surface area contributed by atoms with Crippen LogP contribution in [-0.4, -0.2) is 31.0 Å². The molecule has 0 saturated heterocycles. The van der Waals surface area contributed by atoms with Crippen molar-refractivity contribution in [2.45, 2.75) is 26.4 Å². The number of methoxy groups -OCH3 is 2. The molecule has 0 aliphatic heterocycles. The second kappa shape index (κ2) is 4.93. The van der Waals surface area contributed by atoms with Crippen LogP contribution in [0.1, 0.15) is 45.9 Å². The number of carbonyl (C=O) groups excluding carboxylic acids is 2. The number of ketones is 1. The highest BCUT2D eigenvalue weighted by Crippen LogP contribution is 2.30. The average Bonchev–Trinajstić information content (AvgIpc) is 2.73. The predicted molar refractivity (Wildman–Crippen MR) is 63.5 cm³/mol. The van der Waals surface area contributed by atoms with Crippen LogP contribution in [0.5, 0.6) is 0 Å². The van der Waals surface area contributed by atoms with Gasteiger partial charge < -0.3 is 9.47 Å². The Bertz CT molecular complexity index is 450. The Kier molecular flexibility index (Phi) is 4.00. The first-order valence-corrected chi connectivity index (χ1v) is 5.80. The maximum atomic E-state index is 11.5. The fourth-order valence-corrected chi connectivity index (χ4v) is 2.17. The highest BCUT2D eigenvalue weighted by Gasteiger charge is 2.29. The molecule has 94 valence electrons. The Labute approximate surface area is 104 Å². The van der Waals surface area contributed by atoms with Crippen molar-refractivity contribution in [1.82, 2.24) is 4.98 Å². The van der Waals surface area contributed by atoms with Crippen LogP contribution < -0.4 is 0 Å². The van der Waals surface area contributed by atoms with E-state index in [1.165, 1.54) is 14.0 Å². The van der Waals surface area contributed by atoms with Gasteiger partial charge in [-0.1, -0.05) is 0 Å². The van der Waals surface area contributed by atoms with Crippen molar-refractivity contribution in [3.63, 3.8) is 0 Å². The molecule has 1 rings (SSSR count). The molecule has 1 aromatic heterocycles. The average molecular weight is 257 g/mol. The summed E-state index contributed by atoms with van der Waals surface area (Å²) >= 11 is 1.16. The lowest BCUT2D eigenvalue weighted by molar-refractivity contribution is 0.0188. The highest BCUT2D eigenvalue weighted by molar-refractivity contribution is 7.14. The minimum Gasteiger partial charge on any atom is -0.464 e. The lowest BCUT2D eigenvalue weighted by Gasteiger charge is -2.19. The molecule has 0 aromatic carbocycles. The molecule has 0 aliphatic rings. The normalized spacial score (nSPS) is 11.4. The van der Waals surface area contributed by atoms with E-state index in [4.69, 9.17) is 4.74 Å². The molecule has 5 nitrogen and oxygen atoms in total. The molecule has 0 radical (unpaired) electrons. The summed E-state index contributed by atoms with van der Waals surface area (Å²) < 4.78 is 9.87. The van der Waals surface area contributed by atoms with Crippen molar-refractivity contribution in [3.8, 4) is 0 Å². The van der Waals surface area contributed by atoms with Gasteiger partial charge >= 0.3 is 5.97 Å². The van der Waals surface area contributed by atoms with Gasteiger partial charge in [-0.15, -0.1) is 11.3 Å². The second-order valence-corrected chi connectivity index (χ2v) is 4.96. The Hall–Kier alpha value is -1.27. The smallest absolute Gasteiger partial charge is 0.358 e. The van der Waals surface area contributed by atoms with Gasteiger partial charge in [-0.25, -0.2) is 9.78 Å². The molecule has 17 heavy (non-hydrogen) atoms. The van der Waals surface area contributed by atoms with E-state index in [2.05, 4.69) is 9.72 Å². The zero-order valence-electron chi connectivity index (χ0n) is 10.5. The predicted octanol–water partition coefficient (Wildman–Crippen LogP) is 2.01. The van der Waals surface area contributed by atoms with Gasteiger partial charge in [0, 0.05) is 14.0 Å². The van der Waals surface area contributed by atoms with Crippen LogP contribution in [0.4, 0.5) is 0 Å². The Morgan fingerprint density at radius 3 is 2.29 bits per heavy atom. The van der Waals surface area contributed by atoms with E-state index in [1.54, 1.807) is 7.11 Å². The molecule has 1 heterocycles. The number of hydrogen-bond donors (Lipinski definition) is 0. The Morgan fingerprint density at radius 1 is 1.29 bits per heavy atom. The summed E-state index contributed by atoms with van der Waals surface area (Å²) in [5, 5.41) is 0.575. The van der Waals surface area contributed by atoms with Gasteiger partial charge in [0.25, 0.3) is 0 Å². The standard InChI is InChI=1S/C11H15NO4S/c1-6(13)8-7(9(14)15-4)12-10(17-8)11(2,3)16-5/h1-5H3. The summed E-state index contributed by atoms with van der Waals surface area (Å²) in [6.45, 7) is 5.02. The zero-order valence-corrected chi connectivity index (χ0v) is 11.3. The van der Waals surface area contributed by atoms with Crippen molar-refractivity contribution in [2.24, 2.45) is 0 Å². The molecule has 0 fully saturated rings. The van der Waals surface area contributed by atoms with Crippen molar-refractivity contribution >= 4 is 23.1 Å². The van der Waals surface area contributed by atoms with Crippen molar-refractivity contribution < 1.29 is 19.1 Å². The van der Waals surface area contributed by atoms with E-state index in [9.17, 15) is 9.59 Å². The Balaban J connectivity index is 3.31. The van der Waals surface area contributed by atoms with Gasteiger partial charge in [-0.2, -0.15) is 0 Å². The molecule has 0 bridgehead atoms. The minimum absolute atomic E-state index is 0.0603. The number of thiazole rings is 1. The number of aromatic nitrogens is 1. The first-order chi connectivity index (χ1) is 7.83. The van der Waals surface area contributed by atoms with E-state index < -0.39 is 11.6 Å². The quantitative estimate of drug-likeness (QED) is 0.610. The molecule has 0 unspecified atom stereocenters. The second-order valence-electron chi connectivity index (χ2n) is 3.96. The molecule has 1 aromatic rings. The van der Waals surface area contributed by atoms with Gasteiger partial charge in [0.1, 0.15) is 15.5 Å². The molecule has 0 aliphatic carbocycles. The molecule has 0 atom stereocenters. The lowest BCUT2D eigenvalue weighted by atomic mass is 10.1. The Morgan fingerprint density at radius 2 is 1.88 bits per heavy atom. The van der Waals surface area contributed by atoms with Crippen LogP contribution in [0, 0.1) is 0 Å². The van der Waals surface area contributed by atoms with Crippen LogP contribution in [0.3, 0.4) is 0 Å². The fraction of sp³-hybridized carbons (Fsp3) is 0.545. The van der Waals surface area contributed by atoms with Gasteiger partial charge in [0.05, 0.1) is 7.11 Å². The van der Waals surface area contributed by atoms with Crippen LogP contribution in [0.15, 0.2) is 0 Å². The maximum absolute atomic E-state index is 11.5. The zero-order chi connectivity index (χ0) is 13.2. The van der Waals surface area contributed by atoms with Crippen LogP contribution in [0.2, 0.25) is 0 Å². The molecule has 0 N–H and O–H groups in total. The SMILES string of the molecule is COC(=O)c1nc(C(C)(C)OC)sc1C(C)=O. The minimum atomic E-state index is -0.638. The van der Waals surface area contributed by atoms with Crippen molar-refractivity contribution in [3.05, 3.63) is 15.6 Å². The largest absolute Gasteiger partial charge is 0.464 e. The van der Waals surface area contributed by atoms with Crippen molar-refractivity contribution in [1.29, 1.82) is 0 Å².